The first kappa shape index (κ1) is 14.4. The van der Waals surface area contributed by atoms with Crippen LogP contribution in [0.15, 0.2) is 0 Å². The number of ether oxygens (including phenoxy) is 1. The van der Waals surface area contributed by atoms with Gasteiger partial charge in [0.15, 0.2) is 0 Å². The van der Waals surface area contributed by atoms with Crippen molar-refractivity contribution in [1.29, 1.82) is 0 Å². The summed E-state index contributed by atoms with van der Waals surface area (Å²) >= 11 is 0. The van der Waals surface area contributed by atoms with Crippen LogP contribution in [0.25, 0.3) is 0 Å². The third-order valence-electron chi connectivity index (χ3n) is 2.38. The minimum Gasteiger partial charge on any atom is -0.465 e. The normalized spacial score (nSPS) is 15.1. The zero-order valence-corrected chi connectivity index (χ0v) is 10.7. The van der Waals surface area contributed by atoms with E-state index in [0.29, 0.717) is 18.6 Å². The number of hydrogen-bond acceptors (Lipinski definition) is 3. The van der Waals surface area contributed by atoms with E-state index in [4.69, 9.17) is 4.74 Å². The molecule has 0 aromatic heterocycles. The first-order valence-electron chi connectivity index (χ1n) is 5.93. The summed E-state index contributed by atoms with van der Waals surface area (Å²) in [5, 5.41) is 3.31. The SMILES string of the molecule is CCOC(=O)C(CC(C)C)NC(C)CC. The molecule has 3 nitrogen and oxygen atoms in total. The van der Waals surface area contributed by atoms with Crippen LogP contribution in [0.3, 0.4) is 0 Å². The first-order chi connectivity index (χ1) is 7.01. The predicted molar refractivity (Wildman–Crippen MR) is 62.8 cm³/mol. The molecule has 0 saturated heterocycles. The Morgan fingerprint density at radius 1 is 1.27 bits per heavy atom. The van der Waals surface area contributed by atoms with Gasteiger partial charge in [-0.25, -0.2) is 0 Å². The number of rotatable bonds is 7. The lowest BCUT2D eigenvalue weighted by Gasteiger charge is -2.22. The minimum atomic E-state index is -0.153. The van der Waals surface area contributed by atoms with Gasteiger partial charge in [0.2, 0.25) is 0 Å². The lowest BCUT2D eigenvalue weighted by molar-refractivity contribution is -0.146. The van der Waals surface area contributed by atoms with Gasteiger partial charge in [0.25, 0.3) is 0 Å². The molecule has 90 valence electrons. The number of hydrogen-bond donors (Lipinski definition) is 1. The Bertz CT molecular complexity index is 180. The van der Waals surface area contributed by atoms with E-state index in [1.807, 2.05) is 6.92 Å². The van der Waals surface area contributed by atoms with Crippen molar-refractivity contribution in [2.24, 2.45) is 5.92 Å². The largest absolute Gasteiger partial charge is 0.465 e. The van der Waals surface area contributed by atoms with Crippen molar-refractivity contribution < 1.29 is 9.53 Å². The van der Waals surface area contributed by atoms with Gasteiger partial charge in [0, 0.05) is 6.04 Å². The van der Waals surface area contributed by atoms with Gasteiger partial charge < -0.3 is 10.1 Å². The molecule has 0 heterocycles. The Hall–Kier alpha value is -0.570. The van der Waals surface area contributed by atoms with Crippen LogP contribution in [0.1, 0.15) is 47.5 Å². The summed E-state index contributed by atoms with van der Waals surface area (Å²) in [6, 6.07) is 0.207. The molecule has 3 heteroatoms. The van der Waals surface area contributed by atoms with Gasteiger partial charge in [-0.3, -0.25) is 4.79 Å². The van der Waals surface area contributed by atoms with Crippen LogP contribution in [-0.2, 0) is 9.53 Å². The molecule has 0 spiro atoms. The first-order valence-corrected chi connectivity index (χ1v) is 5.93. The van der Waals surface area contributed by atoms with E-state index in [-0.39, 0.29) is 12.0 Å². The monoisotopic (exact) mass is 215 g/mol. The van der Waals surface area contributed by atoms with E-state index in [9.17, 15) is 4.79 Å². The van der Waals surface area contributed by atoms with Crippen molar-refractivity contribution in [3.05, 3.63) is 0 Å². The molecule has 0 aliphatic rings. The molecule has 0 aromatic carbocycles. The van der Waals surface area contributed by atoms with Gasteiger partial charge >= 0.3 is 5.97 Å². The van der Waals surface area contributed by atoms with Gasteiger partial charge in [0.05, 0.1) is 6.61 Å². The maximum Gasteiger partial charge on any atom is 0.323 e. The predicted octanol–water partition coefficient (Wildman–Crippen LogP) is 2.35. The van der Waals surface area contributed by atoms with Crippen molar-refractivity contribution in [2.75, 3.05) is 6.61 Å². The Labute approximate surface area is 93.6 Å². The Kier molecular flexibility index (Phi) is 7.39. The molecular formula is C12H25NO2. The van der Waals surface area contributed by atoms with Crippen molar-refractivity contribution in [3.63, 3.8) is 0 Å². The molecule has 2 atom stereocenters. The molecule has 0 fully saturated rings. The second-order valence-corrected chi connectivity index (χ2v) is 4.41. The van der Waals surface area contributed by atoms with Crippen LogP contribution in [-0.4, -0.2) is 24.7 Å². The second-order valence-electron chi connectivity index (χ2n) is 4.41. The van der Waals surface area contributed by atoms with Crippen LogP contribution in [0.2, 0.25) is 0 Å². The fraction of sp³-hybridized carbons (Fsp3) is 0.917. The quantitative estimate of drug-likeness (QED) is 0.662. The Balaban J connectivity index is 4.23. The van der Waals surface area contributed by atoms with E-state index >= 15 is 0 Å². The maximum atomic E-state index is 11.6. The highest BCUT2D eigenvalue weighted by Gasteiger charge is 2.21. The highest BCUT2D eigenvalue weighted by Crippen LogP contribution is 2.08. The zero-order valence-electron chi connectivity index (χ0n) is 10.7. The van der Waals surface area contributed by atoms with Gasteiger partial charge in [-0.05, 0) is 32.6 Å². The van der Waals surface area contributed by atoms with Crippen LogP contribution in [0, 0.1) is 5.92 Å². The van der Waals surface area contributed by atoms with Crippen molar-refractivity contribution >= 4 is 5.97 Å². The lowest BCUT2D eigenvalue weighted by Crippen LogP contribution is -2.43. The fourth-order valence-corrected chi connectivity index (χ4v) is 1.41. The molecule has 0 saturated carbocycles. The summed E-state index contributed by atoms with van der Waals surface area (Å²) in [7, 11) is 0. The summed E-state index contributed by atoms with van der Waals surface area (Å²) in [6.07, 6.45) is 1.86. The molecule has 0 bridgehead atoms. The van der Waals surface area contributed by atoms with Crippen molar-refractivity contribution in [2.45, 2.75) is 59.5 Å². The molecular weight excluding hydrogens is 190 g/mol. The highest BCUT2D eigenvalue weighted by atomic mass is 16.5. The molecule has 0 aliphatic carbocycles. The number of carbonyl (C=O) groups is 1. The summed E-state index contributed by atoms with van der Waals surface area (Å²) in [5.74, 6) is 0.377. The van der Waals surface area contributed by atoms with E-state index in [2.05, 4.69) is 33.0 Å². The lowest BCUT2D eigenvalue weighted by atomic mass is 10.0. The average molecular weight is 215 g/mol. The molecule has 0 rings (SSSR count). The summed E-state index contributed by atoms with van der Waals surface area (Å²) < 4.78 is 5.05. The fourth-order valence-electron chi connectivity index (χ4n) is 1.41. The summed E-state index contributed by atoms with van der Waals surface area (Å²) in [4.78, 5) is 11.6. The van der Waals surface area contributed by atoms with E-state index in [1.165, 1.54) is 0 Å². The zero-order chi connectivity index (χ0) is 11.8. The second kappa shape index (κ2) is 7.69. The van der Waals surface area contributed by atoms with Crippen molar-refractivity contribution in [3.8, 4) is 0 Å². The summed E-state index contributed by atoms with van der Waals surface area (Å²) in [5.41, 5.74) is 0. The van der Waals surface area contributed by atoms with Gasteiger partial charge in [-0.15, -0.1) is 0 Å². The van der Waals surface area contributed by atoms with Crippen LogP contribution < -0.4 is 5.32 Å². The van der Waals surface area contributed by atoms with E-state index < -0.39 is 0 Å². The van der Waals surface area contributed by atoms with Gasteiger partial charge in [0.1, 0.15) is 6.04 Å². The average Bonchev–Trinajstić information content (AvgIpc) is 2.16. The molecule has 15 heavy (non-hydrogen) atoms. The molecule has 0 amide bonds. The standard InChI is InChI=1S/C12H25NO2/c1-6-10(5)13-11(8-9(3)4)12(14)15-7-2/h9-11,13H,6-8H2,1-5H3. The van der Waals surface area contributed by atoms with E-state index in [0.717, 1.165) is 12.8 Å². The number of nitrogens with one attached hydrogen (secondary N) is 1. The smallest absolute Gasteiger partial charge is 0.323 e. The van der Waals surface area contributed by atoms with Gasteiger partial charge in [-0.2, -0.15) is 0 Å². The highest BCUT2D eigenvalue weighted by molar-refractivity contribution is 5.75. The molecule has 1 N–H and O–H groups in total. The number of esters is 1. The molecule has 2 unspecified atom stereocenters. The number of carbonyl (C=O) groups excluding carboxylic acids is 1. The maximum absolute atomic E-state index is 11.6. The molecule has 0 aliphatic heterocycles. The van der Waals surface area contributed by atoms with Crippen molar-refractivity contribution in [1.82, 2.24) is 5.32 Å². The third kappa shape index (κ3) is 6.50. The van der Waals surface area contributed by atoms with Crippen LogP contribution in [0.4, 0.5) is 0 Å². The Morgan fingerprint density at radius 3 is 2.27 bits per heavy atom. The Morgan fingerprint density at radius 2 is 1.87 bits per heavy atom. The van der Waals surface area contributed by atoms with Crippen LogP contribution in [0.5, 0.6) is 0 Å². The molecule has 0 aromatic rings. The molecule has 0 radical (unpaired) electrons. The minimum absolute atomic E-state index is 0.119. The van der Waals surface area contributed by atoms with E-state index in [1.54, 1.807) is 0 Å². The van der Waals surface area contributed by atoms with Gasteiger partial charge in [-0.1, -0.05) is 20.8 Å². The third-order valence-corrected chi connectivity index (χ3v) is 2.38. The van der Waals surface area contributed by atoms with Crippen LogP contribution >= 0.6 is 0 Å². The topological polar surface area (TPSA) is 38.3 Å². The summed E-state index contributed by atoms with van der Waals surface area (Å²) in [6.45, 7) is 10.7.